The van der Waals surface area contributed by atoms with E-state index in [1.165, 1.54) is 12.1 Å². The Bertz CT molecular complexity index is 2970. The number of aromatic amines is 1. The number of piperazine rings is 2. The Hall–Kier alpha value is -6.09. The second kappa shape index (κ2) is 23.6. The van der Waals surface area contributed by atoms with Gasteiger partial charge in [0.05, 0.1) is 41.1 Å². The molecule has 2 aromatic heterocycles. The summed E-state index contributed by atoms with van der Waals surface area (Å²) in [5.41, 5.74) is 8.82. The summed E-state index contributed by atoms with van der Waals surface area (Å²) in [4.78, 5) is 80.3. The molecule has 17 nitrogen and oxygen atoms in total. The second-order valence-electron chi connectivity index (χ2n) is 23.0. The maximum Gasteiger partial charge on any atom is 0.253 e. The van der Waals surface area contributed by atoms with Crippen molar-refractivity contribution in [2.24, 2.45) is 11.1 Å². The minimum absolute atomic E-state index is 0.00864. The number of likely N-dealkylation sites (tertiary alicyclic amines) is 1. The van der Waals surface area contributed by atoms with Crippen LogP contribution in [0.3, 0.4) is 0 Å². The highest BCUT2D eigenvalue weighted by Gasteiger charge is 2.55. The maximum absolute atomic E-state index is 14.4. The third-order valence-corrected chi connectivity index (χ3v) is 18.3. The molecule has 12 rings (SSSR count). The number of ether oxygens (including phenoxy) is 1. The van der Waals surface area contributed by atoms with Gasteiger partial charge < -0.3 is 45.7 Å². The molecule has 1 aliphatic carbocycles. The quantitative estimate of drug-likeness (QED) is 0.0924. The maximum atomic E-state index is 14.4. The van der Waals surface area contributed by atoms with Crippen LogP contribution in [0, 0.1) is 17.0 Å². The van der Waals surface area contributed by atoms with Crippen molar-refractivity contribution in [2.75, 3.05) is 110 Å². The Morgan fingerprint density at radius 3 is 2.29 bits per heavy atom. The summed E-state index contributed by atoms with van der Waals surface area (Å²) < 4.78 is 34.2. The largest absolute Gasteiger partial charge is 0.373 e. The van der Waals surface area contributed by atoms with Crippen LogP contribution < -0.4 is 21.3 Å². The van der Waals surface area contributed by atoms with Gasteiger partial charge in [0.2, 0.25) is 17.7 Å². The molecule has 420 valence electrons. The number of hydrogen-bond acceptors (Lipinski definition) is 12. The van der Waals surface area contributed by atoms with Gasteiger partial charge in [-0.25, -0.2) is 18.7 Å². The predicted molar refractivity (Wildman–Crippen MR) is 297 cm³/mol. The monoisotopic (exact) mass is 1100 g/mol. The highest BCUT2D eigenvalue weighted by Crippen LogP contribution is 2.50. The summed E-state index contributed by atoms with van der Waals surface area (Å²) in [7, 11) is 0. The summed E-state index contributed by atoms with van der Waals surface area (Å²) in [6, 6.07) is 20.6. The van der Waals surface area contributed by atoms with Gasteiger partial charge in [0.1, 0.15) is 29.4 Å². The lowest BCUT2D eigenvalue weighted by Gasteiger charge is -2.55. The minimum Gasteiger partial charge on any atom is -0.373 e. The highest BCUT2D eigenvalue weighted by molar-refractivity contribution is 6.30. The van der Waals surface area contributed by atoms with Crippen LogP contribution in [-0.4, -0.2) is 179 Å². The molecule has 8 heterocycles. The van der Waals surface area contributed by atoms with E-state index in [0.29, 0.717) is 94.4 Å². The van der Waals surface area contributed by atoms with E-state index in [1.807, 2.05) is 75.5 Å². The second-order valence-corrected chi connectivity index (χ2v) is 23.5. The molecular formula is C59H73ClF2N12O5. The molecule has 0 spiro atoms. The van der Waals surface area contributed by atoms with Crippen molar-refractivity contribution in [3.05, 3.63) is 124 Å². The first kappa shape index (κ1) is 54.8. The molecule has 79 heavy (non-hydrogen) atoms. The molecule has 5 N–H and O–H groups in total. The van der Waals surface area contributed by atoms with E-state index in [9.17, 15) is 28.0 Å². The Balaban J connectivity index is 0.610. The zero-order valence-electron chi connectivity index (χ0n) is 45.0. The van der Waals surface area contributed by atoms with Crippen molar-refractivity contribution in [3.63, 3.8) is 0 Å². The van der Waals surface area contributed by atoms with E-state index < -0.39 is 22.6 Å². The van der Waals surface area contributed by atoms with Gasteiger partial charge in [-0.2, -0.15) is 0 Å². The smallest absolute Gasteiger partial charge is 0.253 e. The number of nitrogens with zero attached hydrogens (tertiary/aromatic N) is 8. The summed E-state index contributed by atoms with van der Waals surface area (Å²) in [6.45, 7) is 10.00. The number of carbonyl (C=O) groups excluding carboxylic acids is 4. The molecule has 5 aromatic rings. The average Bonchev–Trinajstić information content (AvgIpc) is 4.04. The van der Waals surface area contributed by atoms with Gasteiger partial charge in [-0.05, 0) is 105 Å². The zero-order valence-corrected chi connectivity index (χ0v) is 45.7. The van der Waals surface area contributed by atoms with Crippen molar-refractivity contribution < 1.29 is 32.7 Å². The third-order valence-electron chi connectivity index (χ3n) is 18.1. The molecule has 2 atom stereocenters. The van der Waals surface area contributed by atoms with Crippen molar-refractivity contribution in [1.29, 1.82) is 0 Å². The fourth-order valence-electron chi connectivity index (χ4n) is 13.0. The molecule has 1 saturated carbocycles. The number of halogens is 3. The fraction of sp³-hybridized carbons (Fsp3) is 0.525. The lowest BCUT2D eigenvalue weighted by Crippen LogP contribution is -2.63. The van der Waals surface area contributed by atoms with Crippen LogP contribution in [0.15, 0.2) is 85.3 Å². The van der Waals surface area contributed by atoms with Crippen LogP contribution in [-0.2, 0) is 25.7 Å². The number of amides is 4. The molecule has 6 aliphatic heterocycles. The van der Waals surface area contributed by atoms with Crippen molar-refractivity contribution in [1.82, 2.24) is 50.1 Å². The number of anilines is 1. The fourth-order valence-corrected chi connectivity index (χ4v) is 13.1. The van der Waals surface area contributed by atoms with Gasteiger partial charge in [0.25, 0.3) is 5.91 Å². The number of hydrogen-bond donors (Lipinski definition) is 4. The predicted octanol–water partition coefficient (Wildman–Crippen LogP) is 5.86. The topological polar surface area (TPSA) is 189 Å². The first-order valence-corrected chi connectivity index (χ1v) is 28.7. The zero-order chi connectivity index (χ0) is 54.7. The molecule has 20 heteroatoms. The first-order valence-electron chi connectivity index (χ1n) is 28.3. The molecular weight excluding hydrogens is 1030 g/mol. The summed E-state index contributed by atoms with van der Waals surface area (Å²) >= 11 is 6.30. The number of carbonyl (C=O) groups is 4. The first-order chi connectivity index (χ1) is 38.2. The number of nitrogens with two attached hydrogens (primary N) is 1. The van der Waals surface area contributed by atoms with Gasteiger partial charge in [-0.1, -0.05) is 41.9 Å². The van der Waals surface area contributed by atoms with E-state index in [-0.39, 0.29) is 54.3 Å². The van der Waals surface area contributed by atoms with E-state index in [2.05, 4.69) is 40.3 Å². The van der Waals surface area contributed by atoms with Gasteiger partial charge in [-0.3, -0.25) is 29.0 Å². The van der Waals surface area contributed by atoms with Gasteiger partial charge >= 0.3 is 0 Å². The van der Waals surface area contributed by atoms with Crippen molar-refractivity contribution >= 4 is 52.1 Å². The minimum atomic E-state index is -1.03. The van der Waals surface area contributed by atoms with Crippen LogP contribution >= 0.6 is 11.6 Å². The number of benzene rings is 3. The Kier molecular flexibility index (Phi) is 16.3. The number of piperidine rings is 2. The number of aromatic nitrogens is 3. The van der Waals surface area contributed by atoms with Crippen LogP contribution in [0.5, 0.6) is 0 Å². The molecule has 2 bridgehead atoms. The van der Waals surface area contributed by atoms with Crippen LogP contribution in [0.25, 0.3) is 11.0 Å². The number of fused-ring (bicyclic) bond motifs is 4. The summed E-state index contributed by atoms with van der Waals surface area (Å²) in [5.74, 6) is -0.363. The normalized spacial score (nSPS) is 24.2. The van der Waals surface area contributed by atoms with Crippen molar-refractivity contribution in [3.8, 4) is 0 Å². The van der Waals surface area contributed by atoms with Gasteiger partial charge in [0.15, 0.2) is 0 Å². The number of nitrogens with one attached hydrogen (secondary N) is 3. The SMILES string of the molecule is NC1(C(=O)N[C@@H](CCN2CCN(C(=O)C34CCC(CN5CCN(C(=O)c6cccc(C7CCCN(C(=O)CNCc8ccc(F)cc8F)C7)c6)CC5)(CC3)OC4)CC2)c2ccc(Cl)cc2)CCN(c2ncnc3[nH]ccc23)CC1. The summed E-state index contributed by atoms with van der Waals surface area (Å²) in [6.07, 6.45) is 10.1. The summed E-state index contributed by atoms with van der Waals surface area (Å²) in [5, 5.41) is 7.91. The lowest BCUT2D eigenvalue weighted by molar-refractivity contribution is -0.203. The van der Waals surface area contributed by atoms with Crippen LogP contribution in [0.4, 0.5) is 14.6 Å². The van der Waals surface area contributed by atoms with E-state index in [4.69, 9.17) is 22.1 Å². The molecule has 6 saturated heterocycles. The number of rotatable bonds is 16. The third kappa shape index (κ3) is 12.2. The molecule has 0 radical (unpaired) electrons. The molecule has 1 unspecified atom stereocenters. The van der Waals surface area contributed by atoms with Crippen LogP contribution in [0.1, 0.15) is 96.8 Å². The molecule has 7 fully saturated rings. The molecule has 4 amide bonds. The van der Waals surface area contributed by atoms with Gasteiger partial charge in [-0.15, -0.1) is 0 Å². The Morgan fingerprint density at radius 1 is 0.810 bits per heavy atom. The van der Waals surface area contributed by atoms with Crippen molar-refractivity contribution in [2.45, 2.75) is 87.4 Å². The standard InChI is InChI=1S/C59H73ClF2N12O5/c60-46-9-6-41(7-10-46)50(68-55(77)59(63)18-23-71(24-19-59)53-48-12-20-65-52(48)66-40-67-53)13-22-69-25-31-73(32-26-69)56(78)57-14-16-58(17-15-57,79-39-57)38-70-27-29-72(30-28-70)54(76)43-4-1-3-42(33-43)45-5-2-21-74(37-45)51(75)36-64-35-44-8-11-47(61)34-49(44)62/h1,3-4,6-12,20,33-34,40,45,50,64H,2,5,13-19,21-32,35-39,63H2,(H,68,77)(H,65,66,67)/t45?,50-,57?,58?/m0/s1. The molecule has 3 aromatic carbocycles. The average molecular weight is 1100 g/mol. The lowest BCUT2D eigenvalue weighted by atomic mass is 9.65. The van der Waals surface area contributed by atoms with E-state index in [0.717, 1.165) is 112 Å². The van der Waals surface area contributed by atoms with E-state index >= 15 is 0 Å². The Labute approximate surface area is 465 Å². The van der Waals surface area contributed by atoms with Gasteiger partial charge in [0, 0.05) is 133 Å². The number of H-pyrrole nitrogens is 1. The molecule has 7 aliphatic rings. The Morgan fingerprint density at radius 2 is 1.56 bits per heavy atom. The highest BCUT2D eigenvalue weighted by atomic mass is 35.5. The van der Waals surface area contributed by atoms with Crippen LogP contribution in [0.2, 0.25) is 5.02 Å². The van der Waals surface area contributed by atoms with E-state index in [1.54, 1.807) is 6.33 Å².